The molecule has 0 aliphatic heterocycles. The predicted molar refractivity (Wildman–Crippen MR) is 101 cm³/mol. The fraction of sp³-hybridized carbons (Fsp3) is 0.684. The minimum atomic E-state index is 0. The Hall–Kier alpha value is -0.930. The Balaban J connectivity index is 0.00000484. The molecule has 3 nitrogen and oxygen atoms in total. The zero-order chi connectivity index (χ0) is 16.0. The van der Waals surface area contributed by atoms with Crippen LogP contribution in [-0.2, 0) is 6.54 Å². The van der Waals surface area contributed by atoms with Gasteiger partial charge in [-0.05, 0) is 44.5 Å². The summed E-state index contributed by atoms with van der Waals surface area (Å²) in [5, 5.41) is 3.52. The molecule has 23 heavy (non-hydrogen) atoms. The van der Waals surface area contributed by atoms with Crippen molar-refractivity contribution in [1.82, 2.24) is 5.32 Å². The van der Waals surface area contributed by atoms with Gasteiger partial charge in [0.1, 0.15) is 0 Å². The first-order chi connectivity index (χ1) is 10.8. The zero-order valence-corrected chi connectivity index (χ0v) is 15.8. The van der Waals surface area contributed by atoms with Crippen LogP contribution in [0.4, 0.5) is 0 Å². The Morgan fingerprint density at radius 3 is 2.17 bits per heavy atom. The van der Waals surface area contributed by atoms with Crippen molar-refractivity contribution in [3.63, 3.8) is 0 Å². The van der Waals surface area contributed by atoms with E-state index in [4.69, 9.17) is 9.47 Å². The molecule has 1 rings (SSSR count). The summed E-state index contributed by atoms with van der Waals surface area (Å²) in [4.78, 5) is 0. The summed E-state index contributed by atoms with van der Waals surface area (Å²) < 4.78 is 11.2. The lowest BCUT2D eigenvalue weighted by Gasteiger charge is -2.13. The van der Waals surface area contributed by atoms with E-state index >= 15 is 0 Å². The number of benzene rings is 1. The first-order valence-corrected chi connectivity index (χ1v) is 8.91. The van der Waals surface area contributed by atoms with Crippen LogP contribution >= 0.6 is 12.4 Å². The molecule has 0 atom stereocenters. The van der Waals surface area contributed by atoms with Crippen molar-refractivity contribution in [3.8, 4) is 11.5 Å². The third-order valence-corrected chi connectivity index (χ3v) is 3.64. The number of hydrogen-bond donors (Lipinski definition) is 1. The lowest BCUT2D eigenvalue weighted by molar-refractivity contribution is 0.287. The highest BCUT2D eigenvalue weighted by Crippen LogP contribution is 2.28. The van der Waals surface area contributed by atoms with Crippen LogP contribution in [0.1, 0.15) is 64.9 Å². The molecule has 0 aliphatic carbocycles. The number of hydrogen-bond acceptors (Lipinski definition) is 3. The van der Waals surface area contributed by atoms with Gasteiger partial charge in [-0.15, -0.1) is 12.4 Å². The van der Waals surface area contributed by atoms with Gasteiger partial charge in [-0.25, -0.2) is 0 Å². The van der Waals surface area contributed by atoms with Gasteiger partial charge in [-0.3, -0.25) is 0 Å². The molecule has 0 spiro atoms. The second kappa shape index (κ2) is 14.6. The molecule has 1 aromatic carbocycles. The van der Waals surface area contributed by atoms with Crippen molar-refractivity contribution in [3.05, 3.63) is 23.8 Å². The quantitative estimate of drug-likeness (QED) is 0.489. The molecule has 0 heterocycles. The molecule has 0 unspecified atom stereocenters. The predicted octanol–water partition coefficient (Wildman–Crippen LogP) is 5.36. The normalized spacial score (nSPS) is 10.2. The lowest BCUT2D eigenvalue weighted by atomic mass is 10.1. The van der Waals surface area contributed by atoms with Gasteiger partial charge in [0.15, 0.2) is 11.5 Å². The summed E-state index contributed by atoms with van der Waals surface area (Å²) in [5.74, 6) is 1.69. The Labute approximate surface area is 148 Å². The fourth-order valence-corrected chi connectivity index (χ4v) is 2.47. The van der Waals surface area contributed by atoms with Gasteiger partial charge in [0.25, 0.3) is 0 Å². The van der Waals surface area contributed by atoms with E-state index in [1.54, 1.807) is 0 Å². The maximum atomic E-state index is 5.66. The molecular formula is C19H34ClNO2. The van der Waals surface area contributed by atoms with Crippen LogP contribution in [0.15, 0.2) is 18.2 Å². The second-order valence-corrected chi connectivity index (χ2v) is 5.59. The van der Waals surface area contributed by atoms with E-state index in [0.29, 0.717) is 13.2 Å². The summed E-state index contributed by atoms with van der Waals surface area (Å²) in [6, 6.07) is 6.21. The summed E-state index contributed by atoms with van der Waals surface area (Å²) in [5.41, 5.74) is 1.25. The fourth-order valence-electron chi connectivity index (χ4n) is 2.47. The van der Waals surface area contributed by atoms with E-state index in [0.717, 1.165) is 24.6 Å². The van der Waals surface area contributed by atoms with Crippen molar-refractivity contribution in [2.75, 3.05) is 19.8 Å². The Morgan fingerprint density at radius 2 is 1.48 bits per heavy atom. The third kappa shape index (κ3) is 9.72. The van der Waals surface area contributed by atoms with Crippen LogP contribution in [0.3, 0.4) is 0 Å². The van der Waals surface area contributed by atoms with Crippen molar-refractivity contribution in [2.24, 2.45) is 0 Å². The number of rotatable bonds is 13. The molecule has 0 fully saturated rings. The van der Waals surface area contributed by atoms with E-state index in [1.807, 2.05) is 19.9 Å². The SMILES string of the molecule is CCCCCCCCNCc1ccc(OCC)c(OCC)c1.Cl. The minimum Gasteiger partial charge on any atom is -0.490 e. The number of nitrogens with one attached hydrogen (secondary N) is 1. The Bertz CT molecular complexity index is 399. The molecule has 0 saturated carbocycles. The average Bonchev–Trinajstić information content (AvgIpc) is 2.53. The largest absolute Gasteiger partial charge is 0.490 e. The highest BCUT2D eigenvalue weighted by Gasteiger charge is 2.05. The van der Waals surface area contributed by atoms with Crippen LogP contribution in [0, 0.1) is 0 Å². The van der Waals surface area contributed by atoms with E-state index in [2.05, 4.69) is 24.4 Å². The van der Waals surface area contributed by atoms with Crippen LogP contribution in [-0.4, -0.2) is 19.8 Å². The topological polar surface area (TPSA) is 30.5 Å². The molecule has 4 heteroatoms. The van der Waals surface area contributed by atoms with Crippen molar-refractivity contribution in [2.45, 2.75) is 65.8 Å². The highest BCUT2D eigenvalue weighted by atomic mass is 35.5. The molecule has 1 aromatic rings. The summed E-state index contributed by atoms with van der Waals surface area (Å²) in [6.07, 6.45) is 8.04. The molecule has 0 radical (unpaired) electrons. The van der Waals surface area contributed by atoms with E-state index in [-0.39, 0.29) is 12.4 Å². The van der Waals surface area contributed by atoms with Gasteiger partial charge in [0.2, 0.25) is 0 Å². The summed E-state index contributed by atoms with van der Waals surface area (Å²) in [6.45, 7) is 9.55. The van der Waals surface area contributed by atoms with E-state index in [9.17, 15) is 0 Å². The molecule has 0 aliphatic rings. The zero-order valence-electron chi connectivity index (χ0n) is 15.0. The average molecular weight is 344 g/mol. The lowest BCUT2D eigenvalue weighted by Crippen LogP contribution is -2.14. The van der Waals surface area contributed by atoms with Crippen LogP contribution in [0.25, 0.3) is 0 Å². The van der Waals surface area contributed by atoms with Gasteiger partial charge in [-0.1, -0.05) is 45.1 Å². The molecular weight excluding hydrogens is 310 g/mol. The Morgan fingerprint density at radius 1 is 0.826 bits per heavy atom. The third-order valence-electron chi connectivity index (χ3n) is 3.64. The molecule has 0 bridgehead atoms. The van der Waals surface area contributed by atoms with Crippen molar-refractivity contribution >= 4 is 12.4 Å². The van der Waals surface area contributed by atoms with Gasteiger partial charge in [0, 0.05) is 6.54 Å². The summed E-state index contributed by atoms with van der Waals surface area (Å²) >= 11 is 0. The number of halogens is 1. The second-order valence-electron chi connectivity index (χ2n) is 5.59. The first-order valence-electron chi connectivity index (χ1n) is 8.91. The van der Waals surface area contributed by atoms with Gasteiger partial charge in [0.05, 0.1) is 13.2 Å². The van der Waals surface area contributed by atoms with E-state index in [1.165, 1.54) is 44.1 Å². The molecule has 0 saturated heterocycles. The highest BCUT2D eigenvalue weighted by molar-refractivity contribution is 5.85. The molecule has 0 amide bonds. The van der Waals surface area contributed by atoms with Gasteiger partial charge < -0.3 is 14.8 Å². The minimum absolute atomic E-state index is 0. The Kier molecular flexibility index (Phi) is 14.1. The smallest absolute Gasteiger partial charge is 0.161 e. The molecule has 0 aromatic heterocycles. The van der Waals surface area contributed by atoms with Crippen molar-refractivity contribution in [1.29, 1.82) is 0 Å². The molecule has 134 valence electrons. The van der Waals surface area contributed by atoms with Crippen LogP contribution in [0.5, 0.6) is 11.5 Å². The van der Waals surface area contributed by atoms with Crippen LogP contribution < -0.4 is 14.8 Å². The molecule has 1 N–H and O–H groups in total. The standard InChI is InChI=1S/C19H33NO2.ClH/c1-4-7-8-9-10-11-14-20-16-17-12-13-18(21-5-2)19(15-17)22-6-3;/h12-13,15,20H,4-11,14,16H2,1-3H3;1H. The first kappa shape index (κ1) is 22.1. The van der Waals surface area contributed by atoms with Gasteiger partial charge >= 0.3 is 0 Å². The number of ether oxygens (including phenoxy) is 2. The monoisotopic (exact) mass is 343 g/mol. The summed E-state index contributed by atoms with van der Waals surface area (Å²) in [7, 11) is 0. The van der Waals surface area contributed by atoms with E-state index < -0.39 is 0 Å². The maximum Gasteiger partial charge on any atom is 0.161 e. The number of unbranched alkanes of at least 4 members (excludes halogenated alkanes) is 5. The van der Waals surface area contributed by atoms with Crippen LogP contribution in [0.2, 0.25) is 0 Å². The van der Waals surface area contributed by atoms with Gasteiger partial charge in [-0.2, -0.15) is 0 Å². The maximum absolute atomic E-state index is 5.66. The van der Waals surface area contributed by atoms with Crippen molar-refractivity contribution < 1.29 is 9.47 Å².